The van der Waals surface area contributed by atoms with Gasteiger partial charge < -0.3 is 4.90 Å². The lowest BCUT2D eigenvalue weighted by Crippen LogP contribution is -2.30. The summed E-state index contributed by atoms with van der Waals surface area (Å²) in [5.74, 6) is 1.78. The molecule has 0 unspecified atom stereocenters. The maximum Gasteiger partial charge on any atom is 0.256 e. The first-order chi connectivity index (χ1) is 9.22. The molecule has 1 aliphatic rings. The third kappa shape index (κ3) is 2.68. The van der Waals surface area contributed by atoms with E-state index in [-0.39, 0.29) is 5.28 Å². The minimum Gasteiger partial charge on any atom is -0.343 e. The predicted molar refractivity (Wildman–Crippen MR) is 72.6 cm³/mol. The Hall–Kier alpha value is -1.69. The monoisotopic (exact) mass is 278 g/mol. The van der Waals surface area contributed by atoms with Crippen molar-refractivity contribution in [1.29, 1.82) is 0 Å². The van der Waals surface area contributed by atoms with Crippen LogP contribution in [0.15, 0.2) is 18.5 Å². The van der Waals surface area contributed by atoms with E-state index in [1.807, 2.05) is 18.0 Å². The Morgan fingerprint density at radius 2 is 2.21 bits per heavy atom. The minimum atomic E-state index is 0.191. The molecule has 1 fully saturated rings. The summed E-state index contributed by atoms with van der Waals surface area (Å²) >= 11 is 5.97. The molecule has 0 aliphatic heterocycles. The largest absolute Gasteiger partial charge is 0.343 e. The third-order valence-electron chi connectivity index (χ3n) is 3.39. The van der Waals surface area contributed by atoms with Gasteiger partial charge in [-0.05, 0) is 36.4 Å². The Morgan fingerprint density at radius 1 is 1.37 bits per heavy atom. The summed E-state index contributed by atoms with van der Waals surface area (Å²) in [6.45, 7) is 0.957. The van der Waals surface area contributed by atoms with Gasteiger partial charge in [-0.15, -0.1) is 0 Å². The van der Waals surface area contributed by atoms with E-state index in [1.165, 1.54) is 19.3 Å². The van der Waals surface area contributed by atoms with Crippen LogP contribution in [-0.4, -0.2) is 38.3 Å². The van der Waals surface area contributed by atoms with E-state index in [2.05, 4.69) is 20.1 Å². The van der Waals surface area contributed by atoms with Crippen LogP contribution >= 0.6 is 11.6 Å². The lowest BCUT2D eigenvalue weighted by atomic mass is 9.85. The molecule has 0 aromatic carbocycles. The van der Waals surface area contributed by atoms with E-state index in [9.17, 15) is 0 Å². The molecule has 100 valence electrons. The fourth-order valence-electron chi connectivity index (χ4n) is 2.13. The summed E-state index contributed by atoms with van der Waals surface area (Å²) in [5.41, 5.74) is 0. The molecule has 1 saturated carbocycles. The number of anilines is 1. The maximum atomic E-state index is 5.97. The average Bonchev–Trinajstić information content (AvgIpc) is 2.86. The van der Waals surface area contributed by atoms with Gasteiger partial charge in [0, 0.05) is 26.0 Å². The van der Waals surface area contributed by atoms with Gasteiger partial charge in [0.1, 0.15) is 0 Å². The van der Waals surface area contributed by atoms with Gasteiger partial charge in [-0.1, -0.05) is 6.42 Å². The van der Waals surface area contributed by atoms with Crippen LogP contribution in [0.5, 0.6) is 0 Å². The molecule has 2 heterocycles. The van der Waals surface area contributed by atoms with Crippen molar-refractivity contribution in [3.05, 3.63) is 23.7 Å². The molecule has 7 heteroatoms. The first-order valence-electron chi connectivity index (χ1n) is 6.35. The molecule has 6 nitrogen and oxygen atoms in total. The summed E-state index contributed by atoms with van der Waals surface area (Å²) in [6.07, 6.45) is 7.36. The van der Waals surface area contributed by atoms with Crippen molar-refractivity contribution in [2.24, 2.45) is 5.92 Å². The van der Waals surface area contributed by atoms with Crippen molar-refractivity contribution < 1.29 is 0 Å². The Balaban J connectivity index is 1.84. The standard InChI is InChI=1S/C12H15ClN6/c1-18(8-9-4-2-5-9)11-15-10(13)16-12(17-11)19-7-3-6-14-19/h3,6-7,9H,2,4-5,8H2,1H3. The first kappa shape index (κ1) is 12.3. The van der Waals surface area contributed by atoms with Gasteiger partial charge in [-0.2, -0.15) is 20.1 Å². The SMILES string of the molecule is CN(CC1CCC1)c1nc(Cl)nc(-n2cccn2)n1. The van der Waals surface area contributed by atoms with Gasteiger partial charge in [-0.25, -0.2) is 4.68 Å². The number of hydrogen-bond donors (Lipinski definition) is 0. The van der Waals surface area contributed by atoms with Gasteiger partial charge >= 0.3 is 0 Å². The highest BCUT2D eigenvalue weighted by molar-refractivity contribution is 6.28. The minimum absolute atomic E-state index is 0.191. The fraction of sp³-hybridized carbons (Fsp3) is 0.500. The normalized spacial score (nSPS) is 15.3. The Kier molecular flexibility index (Phi) is 3.33. The van der Waals surface area contributed by atoms with Crippen molar-refractivity contribution in [3.8, 4) is 5.95 Å². The number of halogens is 1. The molecule has 0 atom stereocenters. The maximum absolute atomic E-state index is 5.97. The second kappa shape index (κ2) is 5.13. The molecule has 0 bridgehead atoms. The zero-order valence-corrected chi connectivity index (χ0v) is 11.5. The number of rotatable bonds is 4. The van der Waals surface area contributed by atoms with Crippen LogP contribution in [0.1, 0.15) is 19.3 Å². The van der Waals surface area contributed by atoms with Crippen LogP contribution in [0.2, 0.25) is 5.28 Å². The van der Waals surface area contributed by atoms with Gasteiger partial charge in [0.15, 0.2) is 0 Å². The molecule has 0 radical (unpaired) electrons. The van der Waals surface area contributed by atoms with E-state index >= 15 is 0 Å². The fourth-order valence-corrected chi connectivity index (χ4v) is 2.29. The molecule has 2 aromatic heterocycles. The van der Waals surface area contributed by atoms with Crippen LogP contribution in [0, 0.1) is 5.92 Å². The summed E-state index contributed by atoms with van der Waals surface area (Å²) in [5, 5.41) is 4.29. The van der Waals surface area contributed by atoms with Crippen LogP contribution < -0.4 is 4.90 Å². The van der Waals surface area contributed by atoms with Gasteiger partial charge in [-0.3, -0.25) is 0 Å². The van der Waals surface area contributed by atoms with E-state index in [0.29, 0.717) is 11.9 Å². The Bertz CT molecular complexity index is 551. The molecule has 19 heavy (non-hydrogen) atoms. The highest BCUT2D eigenvalue weighted by Crippen LogP contribution is 2.27. The zero-order valence-electron chi connectivity index (χ0n) is 10.7. The molecule has 0 N–H and O–H groups in total. The highest BCUT2D eigenvalue weighted by Gasteiger charge is 2.21. The van der Waals surface area contributed by atoms with E-state index in [4.69, 9.17) is 11.6 Å². The predicted octanol–water partition coefficient (Wildman–Crippen LogP) is 1.95. The zero-order chi connectivity index (χ0) is 13.2. The van der Waals surface area contributed by atoms with Gasteiger partial charge in [0.05, 0.1) is 0 Å². The molecule has 1 aliphatic carbocycles. The van der Waals surface area contributed by atoms with E-state index in [0.717, 1.165) is 12.5 Å². The van der Waals surface area contributed by atoms with Crippen molar-refractivity contribution in [2.75, 3.05) is 18.5 Å². The van der Waals surface area contributed by atoms with Crippen LogP contribution in [0.4, 0.5) is 5.95 Å². The summed E-state index contributed by atoms with van der Waals surface area (Å²) in [7, 11) is 1.98. The lowest BCUT2D eigenvalue weighted by molar-refractivity contribution is 0.320. The highest BCUT2D eigenvalue weighted by atomic mass is 35.5. The molecular weight excluding hydrogens is 264 g/mol. The van der Waals surface area contributed by atoms with E-state index in [1.54, 1.807) is 17.1 Å². The smallest absolute Gasteiger partial charge is 0.256 e. The van der Waals surface area contributed by atoms with Crippen LogP contribution in [0.3, 0.4) is 0 Å². The lowest BCUT2D eigenvalue weighted by Gasteiger charge is -2.30. The molecule has 0 spiro atoms. The summed E-state index contributed by atoms with van der Waals surface area (Å²) in [6, 6.07) is 1.81. The van der Waals surface area contributed by atoms with Gasteiger partial charge in [0.25, 0.3) is 5.95 Å². The van der Waals surface area contributed by atoms with Crippen LogP contribution in [-0.2, 0) is 0 Å². The second-order valence-corrected chi connectivity index (χ2v) is 5.17. The number of hydrogen-bond acceptors (Lipinski definition) is 5. The third-order valence-corrected chi connectivity index (χ3v) is 3.56. The molecule has 0 amide bonds. The topological polar surface area (TPSA) is 59.7 Å². The van der Waals surface area contributed by atoms with Crippen molar-refractivity contribution >= 4 is 17.5 Å². The molecular formula is C12H15ClN6. The number of aromatic nitrogens is 5. The van der Waals surface area contributed by atoms with E-state index < -0.39 is 0 Å². The summed E-state index contributed by atoms with van der Waals surface area (Å²) in [4.78, 5) is 14.7. The quantitative estimate of drug-likeness (QED) is 0.855. The average molecular weight is 279 g/mol. The first-order valence-corrected chi connectivity index (χ1v) is 6.73. The van der Waals surface area contributed by atoms with Crippen molar-refractivity contribution in [3.63, 3.8) is 0 Å². The van der Waals surface area contributed by atoms with Gasteiger partial charge in [0.2, 0.25) is 11.2 Å². The molecule has 3 rings (SSSR count). The van der Waals surface area contributed by atoms with Crippen molar-refractivity contribution in [1.82, 2.24) is 24.7 Å². The number of nitrogens with zero attached hydrogens (tertiary/aromatic N) is 6. The molecule has 0 saturated heterocycles. The Morgan fingerprint density at radius 3 is 2.84 bits per heavy atom. The van der Waals surface area contributed by atoms with Crippen LogP contribution in [0.25, 0.3) is 5.95 Å². The second-order valence-electron chi connectivity index (χ2n) is 4.83. The molecule has 2 aromatic rings. The Labute approximate surface area is 116 Å². The summed E-state index contributed by atoms with van der Waals surface area (Å²) < 4.78 is 1.58. The van der Waals surface area contributed by atoms with Crippen molar-refractivity contribution in [2.45, 2.75) is 19.3 Å².